The Kier molecular flexibility index (Phi) is 33.0. The van der Waals surface area contributed by atoms with Crippen molar-refractivity contribution in [3.63, 3.8) is 0 Å². The zero-order valence-electron chi connectivity index (χ0n) is 34.2. The molecule has 9 nitrogen and oxygen atoms in total. The molecule has 54 heavy (non-hydrogen) atoms. The van der Waals surface area contributed by atoms with E-state index in [0.717, 1.165) is 32.1 Å². The molecule has 9 heteroatoms. The van der Waals surface area contributed by atoms with E-state index in [1.165, 1.54) is 116 Å². The van der Waals surface area contributed by atoms with Crippen LogP contribution in [0.25, 0.3) is 0 Å². The second kappa shape index (κ2) is 35.6. The van der Waals surface area contributed by atoms with Crippen molar-refractivity contribution in [3.05, 3.63) is 48.6 Å². The predicted octanol–water partition coefficient (Wildman–Crippen LogP) is 8.67. The lowest BCUT2D eigenvalue weighted by Crippen LogP contribution is -2.60. The summed E-state index contributed by atoms with van der Waals surface area (Å²) >= 11 is 0. The number of unbranched alkanes of at least 4 members (excludes halogenated alkanes) is 19. The normalized spacial score (nSPS) is 21.9. The van der Waals surface area contributed by atoms with Crippen molar-refractivity contribution in [3.8, 4) is 0 Å². The molecule has 314 valence electrons. The summed E-state index contributed by atoms with van der Waals surface area (Å²) in [7, 11) is 0. The maximum absolute atomic E-state index is 12.9. The topological polar surface area (TPSA) is 149 Å². The molecule has 7 unspecified atom stereocenters. The molecule has 0 spiro atoms. The van der Waals surface area contributed by atoms with Crippen LogP contribution in [0.4, 0.5) is 0 Å². The highest BCUT2D eigenvalue weighted by molar-refractivity contribution is 5.76. The van der Waals surface area contributed by atoms with Crippen molar-refractivity contribution in [2.24, 2.45) is 0 Å². The van der Waals surface area contributed by atoms with Gasteiger partial charge in [-0.05, 0) is 51.4 Å². The quantitative estimate of drug-likeness (QED) is 0.0278. The summed E-state index contributed by atoms with van der Waals surface area (Å²) in [5, 5.41) is 54.0. The number of amides is 1. The van der Waals surface area contributed by atoms with Crippen molar-refractivity contribution < 1.29 is 39.8 Å². The first-order valence-electron chi connectivity index (χ1n) is 21.9. The van der Waals surface area contributed by atoms with Crippen LogP contribution in [0.1, 0.15) is 174 Å². The molecule has 1 fully saturated rings. The van der Waals surface area contributed by atoms with Gasteiger partial charge in [-0.3, -0.25) is 4.79 Å². The Balaban J connectivity index is 2.45. The number of allylic oxidation sites excluding steroid dienone is 7. The van der Waals surface area contributed by atoms with E-state index in [0.29, 0.717) is 6.42 Å². The lowest BCUT2D eigenvalue weighted by molar-refractivity contribution is -0.302. The number of carbonyl (C=O) groups excluding carboxylic acids is 1. The minimum atomic E-state index is -1.58. The van der Waals surface area contributed by atoms with Crippen LogP contribution in [0, 0.1) is 0 Å². The maximum Gasteiger partial charge on any atom is 0.220 e. The van der Waals surface area contributed by atoms with E-state index in [9.17, 15) is 30.3 Å². The highest BCUT2D eigenvalue weighted by atomic mass is 16.7. The molecule has 0 bridgehead atoms. The Bertz CT molecular complexity index is 983. The Morgan fingerprint density at radius 2 is 1.11 bits per heavy atom. The van der Waals surface area contributed by atoms with Gasteiger partial charge >= 0.3 is 0 Å². The van der Waals surface area contributed by atoms with Gasteiger partial charge in [-0.15, -0.1) is 0 Å². The Morgan fingerprint density at radius 1 is 0.630 bits per heavy atom. The molecule has 1 saturated heterocycles. The van der Waals surface area contributed by atoms with Crippen molar-refractivity contribution in [1.82, 2.24) is 5.32 Å². The van der Waals surface area contributed by atoms with E-state index in [1.807, 2.05) is 12.2 Å². The summed E-state index contributed by atoms with van der Waals surface area (Å²) in [6.45, 7) is 3.70. The van der Waals surface area contributed by atoms with Crippen LogP contribution < -0.4 is 5.32 Å². The minimum absolute atomic E-state index is 0.224. The fourth-order valence-electron chi connectivity index (χ4n) is 6.57. The Hall–Kier alpha value is -1.85. The lowest BCUT2D eigenvalue weighted by Gasteiger charge is -2.40. The Labute approximate surface area is 329 Å². The van der Waals surface area contributed by atoms with Gasteiger partial charge in [0.15, 0.2) is 6.29 Å². The van der Waals surface area contributed by atoms with Crippen LogP contribution in [0.5, 0.6) is 0 Å². The molecule has 0 radical (unpaired) electrons. The summed E-state index contributed by atoms with van der Waals surface area (Å²) in [6.07, 6.45) is 37.4. The van der Waals surface area contributed by atoms with Crippen molar-refractivity contribution in [2.45, 2.75) is 217 Å². The molecule has 1 aliphatic rings. The second-order valence-corrected chi connectivity index (χ2v) is 15.1. The van der Waals surface area contributed by atoms with Crippen LogP contribution in [-0.4, -0.2) is 87.5 Å². The van der Waals surface area contributed by atoms with Crippen molar-refractivity contribution in [2.75, 3.05) is 13.2 Å². The third-order valence-electron chi connectivity index (χ3n) is 10.1. The SMILES string of the molecule is CCCCCCCC/C=C\C/C=C\CCC(=O)NC(COC1OC(CO)C(O)C(O)C1O)C(O)/C=C/CC/C=C/CCCCCCCCCCCCCC. The maximum atomic E-state index is 12.9. The number of carbonyl (C=O) groups is 1. The third kappa shape index (κ3) is 26.1. The zero-order valence-corrected chi connectivity index (χ0v) is 34.2. The highest BCUT2D eigenvalue weighted by Crippen LogP contribution is 2.22. The van der Waals surface area contributed by atoms with Gasteiger partial charge in [0, 0.05) is 6.42 Å². The molecular weight excluding hydrogens is 682 g/mol. The number of hydrogen-bond donors (Lipinski definition) is 6. The number of aliphatic hydroxyl groups excluding tert-OH is 5. The number of rotatable bonds is 35. The Morgan fingerprint density at radius 3 is 1.67 bits per heavy atom. The van der Waals surface area contributed by atoms with Crippen LogP contribution in [0.3, 0.4) is 0 Å². The molecular formula is C45H81NO8. The summed E-state index contributed by atoms with van der Waals surface area (Å²) in [5.41, 5.74) is 0. The van der Waals surface area contributed by atoms with Gasteiger partial charge in [0.2, 0.25) is 5.91 Å². The minimum Gasteiger partial charge on any atom is -0.394 e. The average molecular weight is 764 g/mol. The van der Waals surface area contributed by atoms with Gasteiger partial charge in [-0.1, -0.05) is 165 Å². The van der Waals surface area contributed by atoms with Crippen LogP contribution in [-0.2, 0) is 14.3 Å². The van der Waals surface area contributed by atoms with Crippen molar-refractivity contribution >= 4 is 5.91 Å². The summed E-state index contributed by atoms with van der Waals surface area (Å²) in [6, 6.07) is -0.851. The monoisotopic (exact) mass is 764 g/mol. The third-order valence-corrected chi connectivity index (χ3v) is 10.1. The molecule has 1 aliphatic heterocycles. The van der Waals surface area contributed by atoms with Gasteiger partial charge in [-0.2, -0.15) is 0 Å². The number of aliphatic hydroxyl groups is 5. The van der Waals surface area contributed by atoms with E-state index < -0.39 is 49.5 Å². The molecule has 1 rings (SSSR count). The molecule has 6 N–H and O–H groups in total. The van der Waals surface area contributed by atoms with Gasteiger partial charge in [0.25, 0.3) is 0 Å². The lowest BCUT2D eigenvalue weighted by atomic mass is 9.99. The van der Waals surface area contributed by atoms with E-state index in [1.54, 1.807) is 6.08 Å². The van der Waals surface area contributed by atoms with E-state index in [2.05, 4.69) is 49.5 Å². The molecule has 0 saturated carbocycles. The molecule has 1 amide bonds. The fourth-order valence-corrected chi connectivity index (χ4v) is 6.57. The molecule has 0 aromatic carbocycles. The van der Waals surface area contributed by atoms with Crippen LogP contribution >= 0.6 is 0 Å². The van der Waals surface area contributed by atoms with Crippen LogP contribution in [0.15, 0.2) is 48.6 Å². The van der Waals surface area contributed by atoms with Gasteiger partial charge < -0.3 is 40.3 Å². The smallest absolute Gasteiger partial charge is 0.220 e. The first-order chi connectivity index (χ1) is 26.3. The van der Waals surface area contributed by atoms with Gasteiger partial charge in [-0.25, -0.2) is 0 Å². The van der Waals surface area contributed by atoms with Gasteiger partial charge in [0.1, 0.15) is 24.4 Å². The number of nitrogens with one attached hydrogen (secondary N) is 1. The van der Waals surface area contributed by atoms with E-state index in [-0.39, 0.29) is 18.9 Å². The number of ether oxygens (including phenoxy) is 2. The molecule has 7 atom stereocenters. The van der Waals surface area contributed by atoms with Crippen LogP contribution in [0.2, 0.25) is 0 Å². The average Bonchev–Trinajstić information content (AvgIpc) is 3.17. The molecule has 0 aliphatic carbocycles. The fraction of sp³-hybridized carbons (Fsp3) is 0.800. The van der Waals surface area contributed by atoms with E-state index >= 15 is 0 Å². The van der Waals surface area contributed by atoms with Gasteiger partial charge in [0.05, 0.1) is 25.4 Å². The highest BCUT2D eigenvalue weighted by Gasteiger charge is 2.44. The summed E-state index contributed by atoms with van der Waals surface area (Å²) < 4.78 is 11.1. The summed E-state index contributed by atoms with van der Waals surface area (Å²) in [4.78, 5) is 12.9. The first-order valence-corrected chi connectivity index (χ1v) is 21.9. The second-order valence-electron chi connectivity index (χ2n) is 15.1. The largest absolute Gasteiger partial charge is 0.394 e. The van der Waals surface area contributed by atoms with E-state index in [4.69, 9.17) is 9.47 Å². The molecule has 0 aromatic rings. The number of hydrogen-bond acceptors (Lipinski definition) is 8. The first kappa shape index (κ1) is 50.2. The molecule has 1 heterocycles. The zero-order chi connectivity index (χ0) is 39.5. The summed E-state index contributed by atoms with van der Waals surface area (Å²) in [5.74, 6) is -0.256. The predicted molar refractivity (Wildman–Crippen MR) is 221 cm³/mol. The standard InChI is InChI=1S/C45H81NO8/c1-3-5-7-9-11-13-15-17-18-19-20-21-23-24-26-28-30-32-34-39(48)38(37-53-45-44(52)43(51)42(50)40(36-47)54-45)46-41(49)35-33-31-29-27-25-22-16-14-12-10-8-6-4-2/h22,24-26,29,31-32,34,38-40,42-45,47-48,50-52H,3-21,23,27-28,30,33,35-37H2,1-2H3,(H,46,49)/b25-22-,26-24+,31-29-,34-32+. The molecule has 0 aromatic heterocycles. The van der Waals surface area contributed by atoms with Crippen molar-refractivity contribution in [1.29, 1.82) is 0 Å².